The second kappa shape index (κ2) is 7.38. The fourth-order valence-corrected chi connectivity index (χ4v) is 2.06. The molecule has 1 N–H and O–H groups in total. The van der Waals surface area contributed by atoms with Crippen molar-refractivity contribution < 1.29 is 4.79 Å². The van der Waals surface area contributed by atoms with Crippen LogP contribution < -0.4 is 5.56 Å². The Kier molecular flexibility index (Phi) is 5.26. The van der Waals surface area contributed by atoms with Crippen molar-refractivity contribution in [3.05, 3.63) is 64.3 Å². The molecule has 0 atom stereocenters. The highest BCUT2D eigenvalue weighted by Crippen LogP contribution is 2.08. The highest BCUT2D eigenvalue weighted by molar-refractivity contribution is 5.92. The van der Waals surface area contributed by atoms with Crippen LogP contribution in [-0.4, -0.2) is 27.3 Å². The Balaban J connectivity index is 2.18. The van der Waals surface area contributed by atoms with Crippen molar-refractivity contribution in [3.8, 4) is 0 Å². The highest BCUT2D eigenvalue weighted by Gasteiger charge is 2.16. The maximum Gasteiger partial charge on any atom is 0.270 e. The molecule has 0 bridgehead atoms. The van der Waals surface area contributed by atoms with Crippen molar-refractivity contribution in [3.63, 3.8) is 0 Å². The van der Waals surface area contributed by atoms with Crippen molar-refractivity contribution in [2.24, 2.45) is 0 Å². The van der Waals surface area contributed by atoms with Gasteiger partial charge in [-0.1, -0.05) is 25.5 Å². The van der Waals surface area contributed by atoms with Gasteiger partial charge < -0.3 is 9.88 Å². The highest BCUT2D eigenvalue weighted by atomic mass is 16.2. The molecule has 0 saturated carbocycles. The quantitative estimate of drug-likeness (QED) is 0.885. The average molecular weight is 285 g/mol. The SMILES string of the molecule is CCCCN(Cc1cccnc1)C(=O)c1cccc(=O)[nH]1. The monoisotopic (exact) mass is 285 g/mol. The van der Waals surface area contributed by atoms with Gasteiger partial charge in [0, 0.05) is 31.5 Å². The van der Waals surface area contributed by atoms with Crippen LogP contribution >= 0.6 is 0 Å². The van der Waals surface area contributed by atoms with E-state index in [0.717, 1.165) is 18.4 Å². The first-order valence-electron chi connectivity index (χ1n) is 7.08. The molecule has 0 aliphatic carbocycles. The molecule has 110 valence electrons. The molecule has 0 spiro atoms. The summed E-state index contributed by atoms with van der Waals surface area (Å²) < 4.78 is 0. The van der Waals surface area contributed by atoms with E-state index in [1.165, 1.54) is 6.07 Å². The van der Waals surface area contributed by atoms with Gasteiger partial charge >= 0.3 is 0 Å². The first-order chi connectivity index (χ1) is 10.2. The van der Waals surface area contributed by atoms with Gasteiger partial charge in [-0.3, -0.25) is 14.6 Å². The zero-order valence-electron chi connectivity index (χ0n) is 12.1. The molecule has 5 heteroatoms. The van der Waals surface area contributed by atoms with Gasteiger partial charge in [-0.25, -0.2) is 0 Å². The van der Waals surface area contributed by atoms with Gasteiger partial charge in [-0.05, 0) is 24.1 Å². The van der Waals surface area contributed by atoms with Gasteiger partial charge in [0.1, 0.15) is 5.69 Å². The Hall–Kier alpha value is -2.43. The van der Waals surface area contributed by atoms with E-state index < -0.39 is 0 Å². The van der Waals surface area contributed by atoms with Crippen LogP contribution in [0.4, 0.5) is 0 Å². The van der Waals surface area contributed by atoms with E-state index in [-0.39, 0.29) is 11.5 Å². The smallest absolute Gasteiger partial charge is 0.270 e. The van der Waals surface area contributed by atoms with Crippen molar-refractivity contribution >= 4 is 5.91 Å². The third-order valence-electron chi connectivity index (χ3n) is 3.16. The van der Waals surface area contributed by atoms with E-state index in [4.69, 9.17) is 0 Å². The van der Waals surface area contributed by atoms with Gasteiger partial charge in [0.15, 0.2) is 0 Å². The first-order valence-corrected chi connectivity index (χ1v) is 7.08. The maximum atomic E-state index is 12.5. The third kappa shape index (κ3) is 4.27. The summed E-state index contributed by atoms with van der Waals surface area (Å²) in [6, 6.07) is 8.41. The number of aromatic amines is 1. The molecule has 2 aromatic rings. The minimum Gasteiger partial charge on any atom is -0.333 e. The number of pyridine rings is 2. The van der Waals surface area contributed by atoms with Crippen molar-refractivity contribution in [1.29, 1.82) is 0 Å². The maximum absolute atomic E-state index is 12.5. The lowest BCUT2D eigenvalue weighted by Crippen LogP contribution is -2.33. The number of nitrogens with zero attached hydrogens (tertiary/aromatic N) is 2. The number of rotatable bonds is 6. The summed E-state index contributed by atoms with van der Waals surface area (Å²) in [5.74, 6) is -0.162. The number of aromatic nitrogens is 2. The second-order valence-corrected chi connectivity index (χ2v) is 4.87. The van der Waals surface area contributed by atoms with Crippen LogP contribution in [0.15, 0.2) is 47.5 Å². The average Bonchev–Trinajstić information content (AvgIpc) is 2.51. The number of carbonyl (C=O) groups is 1. The molecule has 0 fully saturated rings. The van der Waals surface area contributed by atoms with E-state index in [1.54, 1.807) is 29.4 Å². The van der Waals surface area contributed by atoms with Gasteiger partial charge in [0.05, 0.1) is 0 Å². The minimum absolute atomic E-state index is 0.162. The molecule has 0 aliphatic rings. The van der Waals surface area contributed by atoms with E-state index in [1.807, 2.05) is 12.1 Å². The Morgan fingerprint density at radius 3 is 2.81 bits per heavy atom. The molecule has 0 aromatic carbocycles. The van der Waals surface area contributed by atoms with Crippen LogP contribution in [0.25, 0.3) is 0 Å². The Morgan fingerprint density at radius 1 is 1.29 bits per heavy atom. The van der Waals surface area contributed by atoms with E-state index in [2.05, 4.69) is 16.9 Å². The lowest BCUT2D eigenvalue weighted by molar-refractivity contribution is 0.0734. The molecule has 2 heterocycles. The van der Waals surface area contributed by atoms with Crippen LogP contribution in [0.2, 0.25) is 0 Å². The summed E-state index contributed by atoms with van der Waals surface area (Å²) in [6.45, 7) is 3.22. The van der Waals surface area contributed by atoms with Crippen molar-refractivity contribution in [2.45, 2.75) is 26.3 Å². The third-order valence-corrected chi connectivity index (χ3v) is 3.16. The summed E-state index contributed by atoms with van der Waals surface area (Å²) in [5, 5.41) is 0. The molecule has 2 aromatic heterocycles. The molecule has 0 radical (unpaired) electrons. The number of nitrogens with one attached hydrogen (secondary N) is 1. The molecular weight excluding hydrogens is 266 g/mol. The predicted octanol–water partition coefficient (Wildman–Crippen LogP) is 2.21. The molecule has 0 aliphatic heterocycles. The molecular formula is C16H19N3O2. The fraction of sp³-hybridized carbons (Fsp3) is 0.312. The van der Waals surface area contributed by atoms with Crippen LogP contribution in [-0.2, 0) is 6.54 Å². The van der Waals surface area contributed by atoms with Gasteiger partial charge in [-0.2, -0.15) is 0 Å². The molecule has 0 unspecified atom stereocenters. The molecule has 1 amide bonds. The fourth-order valence-electron chi connectivity index (χ4n) is 2.06. The largest absolute Gasteiger partial charge is 0.333 e. The van der Waals surface area contributed by atoms with Crippen LogP contribution in [0.1, 0.15) is 35.8 Å². The van der Waals surface area contributed by atoms with Crippen molar-refractivity contribution in [2.75, 3.05) is 6.54 Å². The number of hydrogen-bond donors (Lipinski definition) is 1. The number of hydrogen-bond acceptors (Lipinski definition) is 3. The van der Waals surface area contributed by atoms with E-state index in [9.17, 15) is 9.59 Å². The van der Waals surface area contributed by atoms with Crippen molar-refractivity contribution in [1.82, 2.24) is 14.9 Å². The van der Waals surface area contributed by atoms with Crippen LogP contribution in [0.5, 0.6) is 0 Å². The predicted molar refractivity (Wildman–Crippen MR) is 80.9 cm³/mol. The summed E-state index contributed by atoms with van der Waals surface area (Å²) in [7, 11) is 0. The summed E-state index contributed by atoms with van der Waals surface area (Å²) >= 11 is 0. The molecule has 0 saturated heterocycles. The van der Waals surface area contributed by atoms with E-state index in [0.29, 0.717) is 18.8 Å². The summed E-state index contributed by atoms with van der Waals surface area (Å²) in [6.07, 6.45) is 5.38. The number of carbonyl (C=O) groups excluding carboxylic acids is 1. The standard InChI is InChI=1S/C16H19N3O2/c1-2-3-10-19(12-13-6-5-9-17-11-13)16(21)14-7-4-8-15(20)18-14/h4-9,11H,2-3,10,12H2,1H3,(H,18,20). The van der Waals surface area contributed by atoms with Crippen LogP contribution in [0.3, 0.4) is 0 Å². The Bertz CT molecular complexity index is 637. The first kappa shape index (κ1) is 15.0. The van der Waals surface area contributed by atoms with Gasteiger partial charge in [0.25, 0.3) is 5.91 Å². The van der Waals surface area contributed by atoms with Gasteiger partial charge in [-0.15, -0.1) is 0 Å². The number of unbranched alkanes of at least 4 members (excludes halogenated alkanes) is 1. The summed E-state index contributed by atoms with van der Waals surface area (Å²) in [5.41, 5.74) is 1.03. The number of H-pyrrole nitrogens is 1. The zero-order valence-corrected chi connectivity index (χ0v) is 12.1. The lowest BCUT2D eigenvalue weighted by atomic mass is 10.2. The van der Waals surface area contributed by atoms with Crippen LogP contribution in [0, 0.1) is 0 Å². The topological polar surface area (TPSA) is 66.1 Å². The Labute approximate surface area is 123 Å². The number of amides is 1. The Morgan fingerprint density at radius 2 is 2.14 bits per heavy atom. The molecule has 2 rings (SSSR count). The second-order valence-electron chi connectivity index (χ2n) is 4.87. The normalized spacial score (nSPS) is 10.3. The van der Waals surface area contributed by atoms with E-state index >= 15 is 0 Å². The van der Waals surface area contributed by atoms with Gasteiger partial charge in [0.2, 0.25) is 5.56 Å². The molecule has 21 heavy (non-hydrogen) atoms. The molecule has 5 nitrogen and oxygen atoms in total. The summed E-state index contributed by atoms with van der Waals surface area (Å²) in [4.78, 5) is 32.3. The minimum atomic E-state index is -0.266. The zero-order chi connectivity index (χ0) is 15.1. The lowest BCUT2D eigenvalue weighted by Gasteiger charge is -2.22.